The predicted molar refractivity (Wildman–Crippen MR) is 48.8 cm³/mol. The first-order valence-corrected chi connectivity index (χ1v) is 4.56. The average molecular weight is 165 g/mol. The molecule has 3 heteroatoms. The molecule has 0 spiro atoms. The number of aryl methyl sites for hydroxylation is 1. The molecule has 0 saturated heterocycles. The summed E-state index contributed by atoms with van der Waals surface area (Å²) in [6.45, 7) is 0. The second kappa shape index (κ2) is 2.81. The van der Waals surface area contributed by atoms with Crippen LogP contribution in [0.4, 0.5) is 5.69 Å². The van der Waals surface area contributed by atoms with E-state index in [1.165, 1.54) is 31.4 Å². The van der Waals surface area contributed by atoms with Gasteiger partial charge in [-0.3, -0.25) is 4.68 Å². The molecule has 1 aliphatic carbocycles. The summed E-state index contributed by atoms with van der Waals surface area (Å²) in [7, 11) is 1.98. The van der Waals surface area contributed by atoms with Crippen LogP contribution in [0.5, 0.6) is 0 Å². The number of hydrogen-bond acceptors (Lipinski definition) is 2. The molecule has 2 rings (SSSR count). The first kappa shape index (κ1) is 7.65. The van der Waals surface area contributed by atoms with Crippen LogP contribution in [0.15, 0.2) is 6.20 Å². The van der Waals surface area contributed by atoms with Gasteiger partial charge in [0.15, 0.2) is 0 Å². The van der Waals surface area contributed by atoms with E-state index >= 15 is 0 Å². The van der Waals surface area contributed by atoms with E-state index in [0.717, 1.165) is 5.69 Å². The summed E-state index contributed by atoms with van der Waals surface area (Å²) in [5.74, 6) is 0.664. The quantitative estimate of drug-likeness (QED) is 0.687. The van der Waals surface area contributed by atoms with Gasteiger partial charge < -0.3 is 5.73 Å². The Morgan fingerprint density at radius 1 is 1.50 bits per heavy atom. The Balaban J connectivity index is 2.30. The Bertz CT molecular complexity index is 252. The van der Waals surface area contributed by atoms with Crippen molar-refractivity contribution in [3.05, 3.63) is 11.9 Å². The van der Waals surface area contributed by atoms with Crippen LogP contribution >= 0.6 is 0 Å². The lowest BCUT2D eigenvalue weighted by atomic mass is 10.0. The minimum atomic E-state index is 0.664. The maximum atomic E-state index is 5.84. The van der Waals surface area contributed by atoms with Crippen molar-refractivity contribution in [3.63, 3.8) is 0 Å². The molecule has 12 heavy (non-hydrogen) atoms. The highest BCUT2D eigenvalue weighted by Gasteiger charge is 2.21. The summed E-state index contributed by atoms with van der Waals surface area (Å²) < 4.78 is 1.92. The third-order valence-electron chi connectivity index (χ3n) is 2.76. The number of aromatic nitrogens is 2. The van der Waals surface area contributed by atoms with Crippen LogP contribution in [-0.2, 0) is 7.05 Å². The predicted octanol–water partition coefficient (Wildman–Crippen LogP) is 1.66. The smallest absolute Gasteiger partial charge is 0.0735 e. The molecule has 0 bridgehead atoms. The van der Waals surface area contributed by atoms with Crippen molar-refractivity contribution in [2.24, 2.45) is 7.05 Å². The summed E-state index contributed by atoms with van der Waals surface area (Å²) in [6, 6.07) is 0. The lowest BCUT2D eigenvalue weighted by Crippen LogP contribution is -2.04. The Kier molecular flexibility index (Phi) is 1.79. The first-order chi connectivity index (χ1) is 5.79. The molecule has 66 valence electrons. The second-order valence-electron chi connectivity index (χ2n) is 3.59. The summed E-state index contributed by atoms with van der Waals surface area (Å²) >= 11 is 0. The molecule has 0 aromatic carbocycles. The first-order valence-electron chi connectivity index (χ1n) is 4.56. The third-order valence-corrected chi connectivity index (χ3v) is 2.76. The van der Waals surface area contributed by atoms with E-state index in [1.807, 2.05) is 11.7 Å². The highest BCUT2D eigenvalue weighted by molar-refractivity contribution is 5.43. The zero-order valence-corrected chi connectivity index (χ0v) is 7.45. The van der Waals surface area contributed by atoms with Crippen molar-refractivity contribution in [1.82, 2.24) is 9.78 Å². The summed E-state index contributed by atoms with van der Waals surface area (Å²) in [5.41, 5.74) is 7.95. The molecule has 3 nitrogen and oxygen atoms in total. The Labute approximate surface area is 72.6 Å². The maximum absolute atomic E-state index is 5.84. The standard InChI is InChI=1S/C9H15N3/c1-12-9(8(10)6-11-12)7-4-2-3-5-7/h6-7H,2-5,10H2,1H3. The second-order valence-corrected chi connectivity index (χ2v) is 3.59. The lowest BCUT2D eigenvalue weighted by molar-refractivity contribution is 0.619. The van der Waals surface area contributed by atoms with Crippen LogP contribution in [0, 0.1) is 0 Å². The molecule has 0 unspecified atom stereocenters. The molecular weight excluding hydrogens is 150 g/mol. The molecular formula is C9H15N3. The molecule has 1 aliphatic rings. The molecule has 1 aromatic heterocycles. The van der Waals surface area contributed by atoms with Crippen molar-refractivity contribution >= 4 is 5.69 Å². The highest BCUT2D eigenvalue weighted by Crippen LogP contribution is 2.36. The van der Waals surface area contributed by atoms with Crippen LogP contribution < -0.4 is 5.73 Å². The van der Waals surface area contributed by atoms with Crippen LogP contribution in [0.2, 0.25) is 0 Å². The van der Waals surface area contributed by atoms with Gasteiger partial charge in [-0.25, -0.2) is 0 Å². The van der Waals surface area contributed by atoms with Gasteiger partial charge in [0, 0.05) is 13.0 Å². The number of anilines is 1. The fourth-order valence-corrected chi connectivity index (χ4v) is 2.16. The SMILES string of the molecule is Cn1ncc(N)c1C1CCCC1. The zero-order valence-electron chi connectivity index (χ0n) is 7.45. The molecule has 0 aliphatic heterocycles. The van der Waals surface area contributed by atoms with Gasteiger partial charge in [0.05, 0.1) is 17.6 Å². The number of nitrogen functional groups attached to an aromatic ring is 1. The monoisotopic (exact) mass is 165 g/mol. The molecule has 1 aromatic rings. The number of hydrogen-bond donors (Lipinski definition) is 1. The zero-order chi connectivity index (χ0) is 8.55. The molecule has 1 saturated carbocycles. The van der Waals surface area contributed by atoms with Gasteiger partial charge >= 0.3 is 0 Å². The maximum Gasteiger partial charge on any atom is 0.0735 e. The van der Waals surface area contributed by atoms with Crippen molar-refractivity contribution in [2.45, 2.75) is 31.6 Å². The Morgan fingerprint density at radius 3 is 2.67 bits per heavy atom. The summed E-state index contributed by atoms with van der Waals surface area (Å²) in [6.07, 6.45) is 7.01. The van der Waals surface area contributed by atoms with Crippen molar-refractivity contribution in [1.29, 1.82) is 0 Å². The highest BCUT2D eigenvalue weighted by atomic mass is 15.3. The Hall–Kier alpha value is -0.990. The molecule has 0 amide bonds. The van der Waals surface area contributed by atoms with E-state index in [1.54, 1.807) is 6.20 Å². The van der Waals surface area contributed by atoms with E-state index < -0.39 is 0 Å². The Morgan fingerprint density at radius 2 is 2.17 bits per heavy atom. The van der Waals surface area contributed by atoms with E-state index in [4.69, 9.17) is 5.73 Å². The summed E-state index contributed by atoms with van der Waals surface area (Å²) in [5, 5.41) is 4.15. The number of rotatable bonds is 1. The van der Waals surface area contributed by atoms with E-state index in [9.17, 15) is 0 Å². The van der Waals surface area contributed by atoms with Crippen LogP contribution in [0.25, 0.3) is 0 Å². The minimum Gasteiger partial charge on any atom is -0.396 e. The topological polar surface area (TPSA) is 43.8 Å². The van der Waals surface area contributed by atoms with Crippen LogP contribution in [-0.4, -0.2) is 9.78 Å². The van der Waals surface area contributed by atoms with Gasteiger partial charge in [-0.1, -0.05) is 12.8 Å². The molecule has 0 radical (unpaired) electrons. The summed E-state index contributed by atoms with van der Waals surface area (Å²) in [4.78, 5) is 0. The number of nitrogens with two attached hydrogens (primary N) is 1. The van der Waals surface area contributed by atoms with Crippen molar-refractivity contribution < 1.29 is 0 Å². The van der Waals surface area contributed by atoms with Gasteiger partial charge in [0.1, 0.15) is 0 Å². The molecule has 1 heterocycles. The van der Waals surface area contributed by atoms with Crippen LogP contribution in [0.1, 0.15) is 37.3 Å². The van der Waals surface area contributed by atoms with Crippen molar-refractivity contribution in [3.8, 4) is 0 Å². The third kappa shape index (κ3) is 1.09. The fraction of sp³-hybridized carbons (Fsp3) is 0.667. The van der Waals surface area contributed by atoms with Crippen molar-refractivity contribution in [2.75, 3.05) is 5.73 Å². The fourth-order valence-electron chi connectivity index (χ4n) is 2.16. The van der Waals surface area contributed by atoms with E-state index in [0.29, 0.717) is 5.92 Å². The van der Waals surface area contributed by atoms with Gasteiger partial charge in [0.25, 0.3) is 0 Å². The van der Waals surface area contributed by atoms with E-state index in [-0.39, 0.29) is 0 Å². The molecule has 0 atom stereocenters. The van der Waals surface area contributed by atoms with Gasteiger partial charge in [-0.15, -0.1) is 0 Å². The normalized spacial score (nSPS) is 18.8. The van der Waals surface area contributed by atoms with E-state index in [2.05, 4.69) is 5.10 Å². The largest absolute Gasteiger partial charge is 0.396 e. The van der Waals surface area contributed by atoms with Gasteiger partial charge in [0.2, 0.25) is 0 Å². The van der Waals surface area contributed by atoms with Gasteiger partial charge in [-0.05, 0) is 12.8 Å². The van der Waals surface area contributed by atoms with Crippen LogP contribution in [0.3, 0.4) is 0 Å². The lowest BCUT2D eigenvalue weighted by Gasteiger charge is -2.10. The number of nitrogens with zero attached hydrogens (tertiary/aromatic N) is 2. The minimum absolute atomic E-state index is 0.664. The average Bonchev–Trinajstić information content (AvgIpc) is 2.61. The molecule has 2 N–H and O–H groups in total. The van der Waals surface area contributed by atoms with Gasteiger partial charge in [-0.2, -0.15) is 5.10 Å². The molecule has 1 fully saturated rings.